The summed E-state index contributed by atoms with van der Waals surface area (Å²) in [4.78, 5) is 4.45. The maximum atomic E-state index is 5.39. The van der Waals surface area contributed by atoms with Crippen LogP contribution in [-0.4, -0.2) is 37.9 Å². The van der Waals surface area contributed by atoms with E-state index < -0.39 is 0 Å². The van der Waals surface area contributed by atoms with E-state index in [1.165, 1.54) is 0 Å². The molecule has 4 heteroatoms. The SMILES string of the molecule is CCNC(COC)Cc1cccc(OCC)n1. The summed E-state index contributed by atoms with van der Waals surface area (Å²) in [7, 11) is 1.72. The molecule has 0 spiro atoms. The number of likely N-dealkylation sites (N-methyl/N-ethyl adjacent to an activating group) is 1. The molecular weight excluding hydrogens is 216 g/mol. The minimum Gasteiger partial charge on any atom is -0.478 e. The predicted molar refractivity (Wildman–Crippen MR) is 68.5 cm³/mol. The molecule has 0 aromatic carbocycles. The summed E-state index contributed by atoms with van der Waals surface area (Å²) in [5.41, 5.74) is 1.03. The summed E-state index contributed by atoms with van der Waals surface area (Å²) in [6.45, 7) is 6.31. The van der Waals surface area contributed by atoms with Crippen LogP contribution in [0.1, 0.15) is 19.5 Å². The summed E-state index contributed by atoms with van der Waals surface area (Å²) < 4.78 is 10.6. The maximum absolute atomic E-state index is 5.39. The lowest BCUT2D eigenvalue weighted by molar-refractivity contribution is 0.166. The summed E-state index contributed by atoms with van der Waals surface area (Å²) in [6.07, 6.45) is 0.850. The number of rotatable bonds is 8. The van der Waals surface area contributed by atoms with Crippen LogP contribution in [0.4, 0.5) is 0 Å². The zero-order chi connectivity index (χ0) is 12.5. The molecule has 0 aliphatic rings. The van der Waals surface area contributed by atoms with Gasteiger partial charge in [0.25, 0.3) is 0 Å². The quantitative estimate of drug-likeness (QED) is 0.748. The highest BCUT2D eigenvalue weighted by atomic mass is 16.5. The van der Waals surface area contributed by atoms with Gasteiger partial charge in [-0.25, -0.2) is 4.98 Å². The molecule has 1 unspecified atom stereocenters. The smallest absolute Gasteiger partial charge is 0.213 e. The summed E-state index contributed by atoms with van der Waals surface area (Å²) in [5.74, 6) is 0.692. The van der Waals surface area contributed by atoms with Gasteiger partial charge in [0.1, 0.15) is 0 Å². The zero-order valence-corrected chi connectivity index (χ0v) is 10.9. The molecule has 0 radical (unpaired) electrons. The minimum absolute atomic E-state index is 0.300. The average Bonchev–Trinajstić information content (AvgIpc) is 2.30. The number of pyridine rings is 1. The molecule has 1 N–H and O–H groups in total. The number of hydrogen-bond donors (Lipinski definition) is 1. The topological polar surface area (TPSA) is 43.4 Å². The van der Waals surface area contributed by atoms with Gasteiger partial charge in [-0.05, 0) is 19.5 Å². The highest BCUT2D eigenvalue weighted by Crippen LogP contribution is 2.09. The zero-order valence-electron chi connectivity index (χ0n) is 10.9. The van der Waals surface area contributed by atoms with Gasteiger partial charge >= 0.3 is 0 Å². The standard InChI is InChI=1S/C13H22N2O2/c1-4-14-12(10-16-3)9-11-7-6-8-13(15-11)17-5-2/h6-8,12,14H,4-5,9-10H2,1-3H3. The Morgan fingerprint density at radius 2 is 2.18 bits per heavy atom. The van der Waals surface area contributed by atoms with E-state index in [2.05, 4.69) is 17.2 Å². The van der Waals surface area contributed by atoms with Crippen LogP contribution in [0.5, 0.6) is 5.88 Å². The second-order valence-corrected chi connectivity index (χ2v) is 3.81. The Morgan fingerprint density at radius 1 is 1.35 bits per heavy atom. The number of nitrogens with one attached hydrogen (secondary N) is 1. The Balaban J connectivity index is 2.60. The first-order valence-electron chi connectivity index (χ1n) is 6.11. The van der Waals surface area contributed by atoms with Crippen LogP contribution in [0.2, 0.25) is 0 Å². The van der Waals surface area contributed by atoms with Crippen molar-refractivity contribution in [3.8, 4) is 5.88 Å². The molecule has 1 heterocycles. The molecule has 0 amide bonds. The van der Waals surface area contributed by atoms with Crippen LogP contribution in [-0.2, 0) is 11.2 Å². The van der Waals surface area contributed by atoms with Crippen molar-refractivity contribution < 1.29 is 9.47 Å². The molecule has 96 valence electrons. The molecule has 1 rings (SSSR count). The highest BCUT2D eigenvalue weighted by molar-refractivity contribution is 5.16. The molecule has 1 atom stereocenters. The normalized spacial score (nSPS) is 12.4. The highest BCUT2D eigenvalue weighted by Gasteiger charge is 2.09. The van der Waals surface area contributed by atoms with Gasteiger partial charge in [-0.3, -0.25) is 0 Å². The Labute approximate surface area is 103 Å². The lowest BCUT2D eigenvalue weighted by Crippen LogP contribution is -2.35. The molecule has 1 aromatic rings. The maximum Gasteiger partial charge on any atom is 0.213 e. The van der Waals surface area contributed by atoms with Gasteiger partial charge in [0.2, 0.25) is 5.88 Å². The molecule has 17 heavy (non-hydrogen) atoms. The van der Waals surface area contributed by atoms with Crippen LogP contribution in [0.25, 0.3) is 0 Å². The van der Waals surface area contributed by atoms with Crippen LogP contribution < -0.4 is 10.1 Å². The van der Waals surface area contributed by atoms with Crippen molar-refractivity contribution in [3.05, 3.63) is 23.9 Å². The largest absolute Gasteiger partial charge is 0.478 e. The van der Waals surface area contributed by atoms with E-state index >= 15 is 0 Å². The summed E-state index contributed by atoms with van der Waals surface area (Å²) in [6, 6.07) is 6.17. The summed E-state index contributed by atoms with van der Waals surface area (Å²) >= 11 is 0. The van der Waals surface area contributed by atoms with E-state index in [4.69, 9.17) is 9.47 Å². The third-order valence-corrected chi connectivity index (χ3v) is 2.39. The summed E-state index contributed by atoms with van der Waals surface area (Å²) in [5, 5.41) is 3.38. The van der Waals surface area contributed by atoms with Crippen LogP contribution >= 0.6 is 0 Å². The number of nitrogens with zero attached hydrogens (tertiary/aromatic N) is 1. The Kier molecular flexibility index (Phi) is 6.58. The first-order chi connectivity index (χ1) is 8.30. The Morgan fingerprint density at radius 3 is 2.82 bits per heavy atom. The molecule has 0 saturated carbocycles. The van der Waals surface area contributed by atoms with Gasteiger partial charge in [0.15, 0.2) is 0 Å². The lowest BCUT2D eigenvalue weighted by Gasteiger charge is -2.16. The van der Waals surface area contributed by atoms with Crippen molar-refractivity contribution in [2.75, 3.05) is 26.9 Å². The van der Waals surface area contributed by atoms with Gasteiger partial charge in [0.05, 0.1) is 13.2 Å². The van der Waals surface area contributed by atoms with Gasteiger partial charge < -0.3 is 14.8 Å². The van der Waals surface area contributed by atoms with Crippen molar-refractivity contribution >= 4 is 0 Å². The predicted octanol–water partition coefficient (Wildman–Crippen LogP) is 1.65. The van der Waals surface area contributed by atoms with Crippen molar-refractivity contribution in [3.63, 3.8) is 0 Å². The molecule has 0 saturated heterocycles. The van der Waals surface area contributed by atoms with Crippen molar-refractivity contribution in [1.29, 1.82) is 0 Å². The average molecular weight is 238 g/mol. The first kappa shape index (κ1) is 13.9. The fourth-order valence-corrected chi connectivity index (χ4v) is 1.73. The van der Waals surface area contributed by atoms with Gasteiger partial charge in [-0.2, -0.15) is 0 Å². The molecular formula is C13H22N2O2. The number of methoxy groups -OCH3 is 1. The number of hydrogen-bond acceptors (Lipinski definition) is 4. The van der Waals surface area contributed by atoms with E-state index in [1.54, 1.807) is 7.11 Å². The lowest BCUT2D eigenvalue weighted by atomic mass is 10.1. The van der Waals surface area contributed by atoms with Crippen molar-refractivity contribution in [1.82, 2.24) is 10.3 Å². The molecule has 0 bridgehead atoms. The van der Waals surface area contributed by atoms with Crippen molar-refractivity contribution in [2.24, 2.45) is 0 Å². The van der Waals surface area contributed by atoms with Crippen LogP contribution in [0.15, 0.2) is 18.2 Å². The third kappa shape index (κ3) is 5.15. The first-order valence-corrected chi connectivity index (χ1v) is 6.11. The Bertz CT molecular complexity index is 312. The van der Waals surface area contributed by atoms with E-state index in [1.807, 2.05) is 25.1 Å². The fourth-order valence-electron chi connectivity index (χ4n) is 1.73. The van der Waals surface area contributed by atoms with E-state index in [0.29, 0.717) is 25.1 Å². The van der Waals surface area contributed by atoms with Gasteiger partial charge in [-0.1, -0.05) is 13.0 Å². The monoisotopic (exact) mass is 238 g/mol. The number of ether oxygens (including phenoxy) is 2. The van der Waals surface area contributed by atoms with Gasteiger partial charge in [0, 0.05) is 31.3 Å². The number of aromatic nitrogens is 1. The van der Waals surface area contributed by atoms with E-state index in [9.17, 15) is 0 Å². The van der Waals surface area contributed by atoms with Gasteiger partial charge in [-0.15, -0.1) is 0 Å². The molecule has 0 aliphatic carbocycles. The van der Waals surface area contributed by atoms with Crippen LogP contribution in [0, 0.1) is 0 Å². The third-order valence-electron chi connectivity index (χ3n) is 2.39. The van der Waals surface area contributed by atoms with Crippen LogP contribution in [0.3, 0.4) is 0 Å². The molecule has 0 fully saturated rings. The molecule has 4 nitrogen and oxygen atoms in total. The fraction of sp³-hybridized carbons (Fsp3) is 0.615. The Hall–Kier alpha value is -1.13. The van der Waals surface area contributed by atoms with Crippen molar-refractivity contribution in [2.45, 2.75) is 26.3 Å². The second kappa shape index (κ2) is 8.03. The molecule has 0 aliphatic heterocycles. The second-order valence-electron chi connectivity index (χ2n) is 3.81. The minimum atomic E-state index is 0.300. The molecule has 1 aromatic heterocycles. The van der Waals surface area contributed by atoms with E-state index in [-0.39, 0.29) is 0 Å². The van der Waals surface area contributed by atoms with E-state index in [0.717, 1.165) is 18.7 Å².